The van der Waals surface area contributed by atoms with Crippen LogP contribution < -0.4 is 21.3 Å². The van der Waals surface area contributed by atoms with Crippen LogP contribution in [0, 0.1) is 5.82 Å². The lowest BCUT2D eigenvalue weighted by Crippen LogP contribution is -2.17. The molecular weight excluding hydrogens is 413 g/mol. The van der Waals surface area contributed by atoms with Gasteiger partial charge in [0.1, 0.15) is 5.82 Å². The highest BCUT2D eigenvalue weighted by Gasteiger charge is 2.12. The van der Waals surface area contributed by atoms with Crippen LogP contribution in [0.25, 0.3) is 0 Å². The number of hydrazone groups is 1. The number of halogens is 1. The van der Waals surface area contributed by atoms with E-state index in [2.05, 4.69) is 26.0 Å². The smallest absolute Gasteiger partial charge is 0.264 e. The van der Waals surface area contributed by atoms with Crippen molar-refractivity contribution in [3.05, 3.63) is 53.8 Å². The molecule has 0 fully saturated rings. The summed E-state index contributed by atoms with van der Waals surface area (Å²) in [5.41, 5.74) is 3.60. The largest absolute Gasteiger partial charge is 0.504 e. The molecule has 30 heavy (non-hydrogen) atoms. The topological polar surface area (TPSA) is 140 Å². The van der Waals surface area contributed by atoms with Gasteiger partial charge in [-0.1, -0.05) is 17.8 Å². The number of hydrogen-bond donors (Lipinski definition) is 4. The van der Waals surface area contributed by atoms with Gasteiger partial charge in [0, 0.05) is 5.69 Å². The van der Waals surface area contributed by atoms with Gasteiger partial charge in [0.2, 0.25) is 11.1 Å². The number of anilines is 2. The second kappa shape index (κ2) is 9.60. The molecule has 1 amide bonds. The number of thioether (sulfide) groups is 1. The van der Waals surface area contributed by atoms with Crippen LogP contribution in [-0.2, 0) is 4.79 Å². The van der Waals surface area contributed by atoms with E-state index in [9.17, 15) is 14.3 Å². The van der Waals surface area contributed by atoms with Crippen LogP contribution >= 0.6 is 11.8 Å². The summed E-state index contributed by atoms with van der Waals surface area (Å²) in [6.45, 7) is 0. The number of phenols is 1. The minimum atomic E-state index is -0.441. The van der Waals surface area contributed by atoms with Crippen molar-refractivity contribution in [2.75, 3.05) is 29.4 Å². The van der Waals surface area contributed by atoms with Crippen LogP contribution in [0.15, 0.2) is 52.7 Å². The van der Waals surface area contributed by atoms with Gasteiger partial charge in [-0.3, -0.25) is 4.79 Å². The predicted octanol–water partition coefficient (Wildman–Crippen LogP) is 2.02. The van der Waals surface area contributed by atoms with Crippen molar-refractivity contribution in [2.45, 2.75) is 5.16 Å². The number of carbonyl (C=O) groups is 1. The third-order valence-corrected chi connectivity index (χ3v) is 4.63. The van der Waals surface area contributed by atoms with Crippen LogP contribution in [0.3, 0.4) is 0 Å². The second-order valence-corrected chi connectivity index (χ2v) is 6.77. The molecule has 5 N–H and O–H groups in total. The van der Waals surface area contributed by atoms with Gasteiger partial charge in [-0.15, -0.1) is 10.2 Å². The maximum absolute atomic E-state index is 13.2. The molecule has 0 radical (unpaired) electrons. The van der Waals surface area contributed by atoms with E-state index in [4.69, 9.17) is 10.6 Å². The Balaban J connectivity index is 1.54. The Bertz CT molecular complexity index is 1070. The summed E-state index contributed by atoms with van der Waals surface area (Å²) in [6.07, 6.45) is 1.45. The van der Waals surface area contributed by atoms with Crippen molar-refractivity contribution >= 4 is 35.5 Å². The fourth-order valence-electron chi connectivity index (χ4n) is 2.30. The zero-order valence-electron chi connectivity index (χ0n) is 15.7. The number of aromatic hydroxyl groups is 1. The van der Waals surface area contributed by atoms with Crippen molar-refractivity contribution in [3.63, 3.8) is 0 Å². The number of amides is 1. The molecule has 0 aliphatic carbocycles. The van der Waals surface area contributed by atoms with Crippen molar-refractivity contribution in [2.24, 2.45) is 5.10 Å². The third-order valence-electron chi connectivity index (χ3n) is 3.69. The number of methoxy groups -OCH3 is 1. The summed E-state index contributed by atoms with van der Waals surface area (Å²) < 4.78 is 19.3. The molecule has 10 nitrogen and oxygen atoms in total. The maximum Gasteiger partial charge on any atom is 0.264 e. The van der Waals surface area contributed by atoms with Crippen LogP contribution in [-0.4, -0.2) is 45.0 Å². The molecule has 1 aromatic heterocycles. The lowest BCUT2D eigenvalue weighted by Gasteiger charge is -2.05. The Hall–Kier alpha value is -3.80. The van der Waals surface area contributed by atoms with Gasteiger partial charge in [-0.25, -0.2) is 14.5 Å². The zero-order valence-corrected chi connectivity index (χ0v) is 16.6. The number of ether oxygens (including phenoxy) is 1. The highest BCUT2D eigenvalue weighted by Crippen LogP contribution is 2.25. The first-order valence-electron chi connectivity index (χ1n) is 8.51. The molecular formula is C18H18FN7O3S. The molecule has 1 heterocycles. The summed E-state index contributed by atoms with van der Waals surface area (Å²) in [4.78, 5) is 12.0. The Morgan fingerprint density at radius 1 is 1.37 bits per heavy atom. The Kier molecular flexibility index (Phi) is 6.70. The SMILES string of the molecule is COc1ccc(/C=N/Nc2nnc(SCC(=O)Nc3cccc(F)c3)n2N)cc1O. The number of nitrogen functional groups attached to an aromatic ring is 1. The Morgan fingerprint density at radius 2 is 2.20 bits per heavy atom. The number of benzene rings is 2. The van der Waals surface area contributed by atoms with Gasteiger partial charge < -0.3 is 21.0 Å². The molecule has 12 heteroatoms. The molecule has 2 aromatic carbocycles. The van der Waals surface area contributed by atoms with Crippen LogP contribution in [0.2, 0.25) is 0 Å². The number of rotatable bonds is 8. The molecule has 0 bridgehead atoms. The number of nitrogens with one attached hydrogen (secondary N) is 2. The summed E-state index contributed by atoms with van der Waals surface area (Å²) in [7, 11) is 1.46. The van der Waals surface area contributed by atoms with Gasteiger partial charge in [0.15, 0.2) is 11.5 Å². The molecule has 156 valence electrons. The summed E-state index contributed by atoms with van der Waals surface area (Å²) in [5, 5.41) is 24.4. The highest BCUT2D eigenvalue weighted by atomic mass is 32.2. The van der Waals surface area contributed by atoms with E-state index in [0.29, 0.717) is 17.0 Å². The minimum absolute atomic E-state index is 0.000238. The van der Waals surface area contributed by atoms with Crippen molar-refractivity contribution in [3.8, 4) is 11.5 Å². The molecule has 3 rings (SSSR count). The van der Waals surface area contributed by atoms with Crippen LogP contribution in [0.4, 0.5) is 16.0 Å². The van der Waals surface area contributed by atoms with Gasteiger partial charge >= 0.3 is 0 Å². The predicted molar refractivity (Wildman–Crippen MR) is 112 cm³/mol. The van der Waals surface area contributed by atoms with Gasteiger partial charge in [0.25, 0.3) is 5.95 Å². The molecule has 0 unspecified atom stereocenters. The summed E-state index contributed by atoms with van der Waals surface area (Å²) >= 11 is 1.06. The first kappa shape index (κ1) is 20.9. The number of aromatic nitrogens is 3. The van der Waals surface area contributed by atoms with E-state index in [0.717, 1.165) is 16.4 Å². The van der Waals surface area contributed by atoms with Gasteiger partial charge in [-0.05, 0) is 42.0 Å². The van der Waals surface area contributed by atoms with Crippen molar-refractivity contribution in [1.82, 2.24) is 14.9 Å². The van der Waals surface area contributed by atoms with Crippen LogP contribution in [0.5, 0.6) is 11.5 Å². The standard InChI is InChI=1S/C18H18FN7O3S/c1-29-15-6-5-11(7-14(15)27)9-21-23-17-24-25-18(26(17)20)30-10-16(28)22-13-4-2-3-12(19)8-13/h2-9,27H,10,20H2,1H3,(H,22,28)(H,23,24)/b21-9+. The van der Waals surface area contributed by atoms with E-state index in [1.165, 1.54) is 37.6 Å². The third kappa shape index (κ3) is 5.38. The van der Waals surface area contributed by atoms with Gasteiger partial charge in [0.05, 0.1) is 19.1 Å². The van der Waals surface area contributed by atoms with E-state index in [1.807, 2.05) is 0 Å². The average molecular weight is 431 g/mol. The molecule has 0 aliphatic rings. The lowest BCUT2D eigenvalue weighted by atomic mass is 10.2. The minimum Gasteiger partial charge on any atom is -0.504 e. The number of nitrogens with two attached hydrogens (primary N) is 1. The Labute approximate surface area is 174 Å². The molecule has 0 saturated carbocycles. The second-order valence-electron chi connectivity index (χ2n) is 5.82. The van der Waals surface area contributed by atoms with Crippen LogP contribution in [0.1, 0.15) is 5.56 Å². The van der Waals surface area contributed by atoms with Gasteiger partial charge in [-0.2, -0.15) is 5.10 Å². The zero-order chi connectivity index (χ0) is 21.5. The fourth-order valence-corrected chi connectivity index (χ4v) is 2.95. The monoisotopic (exact) mass is 431 g/mol. The Morgan fingerprint density at radius 3 is 2.93 bits per heavy atom. The van der Waals surface area contributed by atoms with E-state index < -0.39 is 5.82 Å². The fraction of sp³-hybridized carbons (Fsp3) is 0.111. The van der Waals surface area contributed by atoms with Crippen molar-refractivity contribution in [1.29, 1.82) is 0 Å². The number of hydrogen-bond acceptors (Lipinski definition) is 9. The van der Waals surface area contributed by atoms with E-state index in [1.54, 1.807) is 18.2 Å². The molecule has 0 saturated heterocycles. The quantitative estimate of drug-likeness (QED) is 0.184. The summed E-state index contributed by atoms with van der Waals surface area (Å²) in [6, 6.07) is 10.4. The maximum atomic E-state index is 13.2. The molecule has 0 aliphatic heterocycles. The molecule has 0 spiro atoms. The number of phenolic OH excluding ortho intramolecular Hbond substituents is 1. The van der Waals surface area contributed by atoms with E-state index >= 15 is 0 Å². The normalized spacial score (nSPS) is 10.9. The van der Waals surface area contributed by atoms with Crippen molar-refractivity contribution < 1.29 is 19.0 Å². The first-order chi connectivity index (χ1) is 14.5. The molecule has 3 aromatic rings. The number of nitrogens with zero attached hydrogens (tertiary/aromatic N) is 4. The molecule has 0 atom stereocenters. The number of carbonyl (C=O) groups excluding carboxylic acids is 1. The summed E-state index contributed by atoms with van der Waals surface area (Å²) in [5.74, 6) is 5.60. The average Bonchev–Trinajstić information content (AvgIpc) is 3.06. The lowest BCUT2D eigenvalue weighted by molar-refractivity contribution is -0.113. The van der Waals surface area contributed by atoms with E-state index in [-0.39, 0.29) is 28.5 Å². The highest BCUT2D eigenvalue weighted by molar-refractivity contribution is 7.99. The first-order valence-corrected chi connectivity index (χ1v) is 9.49.